The maximum Gasteiger partial charge on any atom is 0.412 e. The minimum atomic E-state index is -1.62. The Morgan fingerprint density at radius 2 is 2.00 bits per heavy atom. The quantitative estimate of drug-likeness (QED) is 0.656. The van der Waals surface area contributed by atoms with E-state index in [4.69, 9.17) is 4.74 Å². The summed E-state index contributed by atoms with van der Waals surface area (Å²) >= 11 is 0. The Bertz CT molecular complexity index is 562. The minimum Gasteiger partial charge on any atom is -0.495 e. The zero-order valence-corrected chi connectivity index (χ0v) is 15.4. The van der Waals surface area contributed by atoms with Crippen molar-refractivity contribution in [1.29, 1.82) is 0 Å². The Labute approximate surface area is 134 Å². The first-order chi connectivity index (χ1) is 10.0. The molecule has 1 N–H and O–H groups in total. The van der Waals surface area contributed by atoms with E-state index in [2.05, 4.69) is 19.7 Å². The summed E-state index contributed by atoms with van der Waals surface area (Å²) in [6.07, 6.45) is 0.965. The molecule has 0 aliphatic rings. The fourth-order valence-corrected chi connectivity index (χ4v) is 4.53. The zero-order chi connectivity index (χ0) is 17.1. The number of allylic oxidation sites excluding steroid dienone is 1. The molecule has 1 aromatic rings. The summed E-state index contributed by atoms with van der Waals surface area (Å²) in [5, 5.41) is 10.8. The van der Waals surface area contributed by atoms with Crippen molar-refractivity contribution >= 4 is 25.0 Å². The second-order valence-electron chi connectivity index (χ2n) is 7.05. The first kappa shape index (κ1) is 18.3. The van der Waals surface area contributed by atoms with Gasteiger partial charge in [0, 0.05) is 5.54 Å². The molecule has 0 spiro atoms. The maximum absolute atomic E-state index is 11.7. The summed E-state index contributed by atoms with van der Waals surface area (Å²) < 4.78 is 5.48. The SMILES string of the molecule is C=CC[Si](C)(C)c1ccc(N(C(=O)O)C(C)(C)C)c(OC)c1. The third-order valence-electron chi connectivity index (χ3n) is 3.72. The standard InChI is InChI=1S/C17H27NO3Si/c1-8-11-22(6,7)13-9-10-14(15(12-13)21-5)18(16(19)20)17(2,3)4/h8-10,12H,1,11H2,2-7H3,(H,19,20). The molecular formula is C17H27NO3Si. The summed E-state index contributed by atoms with van der Waals surface area (Å²) in [6.45, 7) is 14.0. The monoisotopic (exact) mass is 321 g/mol. The predicted octanol–water partition coefficient (Wildman–Crippen LogP) is 4.08. The number of carbonyl (C=O) groups is 1. The van der Waals surface area contributed by atoms with E-state index in [9.17, 15) is 9.90 Å². The number of ether oxygens (including phenoxy) is 1. The molecule has 0 aliphatic carbocycles. The van der Waals surface area contributed by atoms with Gasteiger partial charge in [-0.2, -0.15) is 0 Å². The van der Waals surface area contributed by atoms with E-state index in [0.717, 1.165) is 6.04 Å². The highest BCUT2D eigenvalue weighted by atomic mass is 28.3. The van der Waals surface area contributed by atoms with E-state index in [0.29, 0.717) is 11.4 Å². The lowest BCUT2D eigenvalue weighted by molar-refractivity contribution is 0.195. The lowest BCUT2D eigenvalue weighted by atomic mass is 10.1. The van der Waals surface area contributed by atoms with Crippen molar-refractivity contribution in [2.75, 3.05) is 12.0 Å². The molecule has 0 saturated heterocycles. The Morgan fingerprint density at radius 1 is 1.41 bits per heavy atom. The van der Waals surface area contributed by atoms with Gasteiger partial charge in [-0.05, 0) is 38.9 Å². The molecule has 0 fully saturated rings. The average Bonchev–Trinajstić information content (AvgIpc) is 2.36. The van der Waals surface area contributed by atoms with Gasteiger partial charge < -0.3 is 9.84 Å². The van der Waals surface area contributed by atoms with E-state index in [-0.39, 0.29) is 0 Å². The summed E-state index contributed by atoms with van der Waals surface area (Å²) in [5.74, 6) is 0.597. The smallest absolute Gasteiger partial charge is 0.412 e. The van der Waals surface area contributed by atoms with Crippen molar-refractivity contribution in [3.05, 3.63) is 30.9 Å². The number of amides is 1. The Hall–Kier alpha value is -1.75. The molecule has 1 aromatic carbocycles. The number of benzene rings is 1. The molecule has 0 heterocycles. The third-order valence-corrected chi connectivity index (χ3v) is 6.90. The van der Waals surface area contributed by atoms with Crippen LogP contribution in [-0.4, -0.2) is 31.9 Å². The van der Waals surface area contributed by atoms with Crippen LogP contribution >= 0.6 is 0 Å². The van der Waals surface area contributed by atoms with E-state index in [1.807, 2.05) is 45.0 Å². The molecule has 0 aromatic heterocycles. The van der Waals surface area contributed by atoms with Crippen molar-refractivity contribution in [3.8, 4) is 5.75 Å². The zero-order valence-electron chi connectivity index (χ0n) is 14.4. The van der Waals surface area contributed by atoms with Crippen molar-refractivity contribution < 1.29 is 14.6 Å². The molecule has 22 heavy (non-hydrogen) atoms. The summed E-state index contributed by atoms with van der Waals surface area (Å²) in [4.78, 5) is 13.0. The fraction of sp³-hybridized carbons (Fsp3) is 0.471. The van der Waals surface area contributed by atoms with E-state index >= 15 is 0 Å². The van der Waals surface area contributed by atoms with Gasteiger partial charge in [-0.3, -0.25) is 4.90 Å². The fourth-order valence-electron chi connectivity index (χ4n) is 2.51. The van der Waals surface area contributed by atoms with Gasteiger partial charge in [-0.1, -0.05) is 30.4 Å². The van der Waals surface area contributed by atoms with Crippen LogP contribution in [0.3, 0.4) is 0 Å². The molecule has 122 valence electrons. The van der Waals surface area contributed by atoms with Gasteiger partial charge >= 0.3 is 6.09 Å². The van der Waals surface area contributed by atoms with Crippen molar-refractivity contribution in [2.24, 2.45) is 0 Å². The molecule has 1 amide bonds. The molecule has 0 atom stereocenters. The van der Waals surface area contributed by atoms with E-state index in [1.54, 1.807) is 7.11 Å². The summed E-state index contributed by atoms with van der Waals surface area (Å²) in [5.41, 5.74) is 0.0315. The number of hydrogen-bond acceptors (Lipinski definition) is 2. The second-order valence-corrected chi connectivity index (χ2v) is 11.8. The van der Waals surface area contributed by atoms with Gasteiger partial charge in [0.2, 0.25) is 0 Å². The maximum atomic E-state index is 11.7. The highest BCUT2D eigenvalue weighted by Gasteiger charge is 2.31. The number of carboxylic acid groups (broad SMARTS) is 1. The minimum absolute atomic E-state index is 0.547. The lowest BCUT2D eigenvalue weighted by Gasteiger charge is -2.34. The molecule has 4 nitrogen and oxygen atoms in total. The van der Waals surface area contributed by atoms with Crippen LogP contribution in [-0.2, 0) is 0 Å². The summed E-state index contributed by atoms with van der Waals surface area (Å²) in [6, 6.07) is 6.82. The number of rotatable bonds is 5. The molecular weight excluding hydrogens is 294 g/mol. The molecule has 0 saturated carbocycles. The van der Waals surface area contributed by atoms with Gasteiger partial charge in [0.15, 0.2) is 0 Å². The van der Waals surface area contributed by atoms with Crippen LogP contribution in [0.4, 0.5) is 10.5 Å². The summed E-state index contributed by atoms with van der Waals surface area (Å²) in [7, 11) is -0.0451. The third kappa shape index (κ3) is 3.91. The normalized spacial score (nSPS) is 11.9. The molecule has 0 aliphatic heterocycles. The first-order valence-electron chi connectivity index (χ1n) is 7.37. The molecule has 1 rings (SSSR count). The Morgan fingerprint density at radius 3 is 2.41 bits per heavy atom. The van der Waals surface area contributed by atoms with Crippen LogP contribution in [0.1, 0.15) is 20.8 Å². The van der Waals surface area contributed by atoms with Crippen LogP contribution in [0, 0.1) is 0 Å². The highest BCUT2D eigenvalue weighted by molar-refractivity contribution is 6.90. The van der Waals surface area contributed by atoms with Crippen LogP contribution in [0.25, 0.3) is 0 Å². The average molecular weight is 321 g/mol. The van der Waals surface area contributed by atoms with E-state index in [1.165, 1.54) is 10.1 Å². The molecule has 0 radical (unpaired) electrons. The van der Waals surface area contributed by atoms with Crippen molar-refractivity contribution in [3.63, 3.8) is 0 Å². The molecule has 0 bridgehead atoms. The van der Waals surface area contributed by atoms with Crippen LogP contribution in [0.15, 0.2) is 30.9 Å². The van der Waals surface area contributed by atoms with Gasteiger partial charge in [-0.15, -0.1) is 6.58 Å². The molecule has 5 heteroatoms. The van der Waals surface area contributed by atoms with Gasteiger partial charge in [0.1, 0.15) is 5.75 Å². The van der Waals surface area contributed by atoms with Crippen molar-refractivity contribution in [2.45, 2.75) is 45.4 Å². The van der Waals surface area contributed by atoms with Crippen LogP contribution < -0.4 is 14.8 Å². The predicted molar refractivity (Wildman–Crippen MR) is 95.4 cm³/mol. The number of hydrogen-bond donors (Lipinski definition) is 1. The van der Waals surface area contributed by atoms with Crippen LogP contribution in [0.2, 0.25) is 19.1 Å². The largest absolute Gasteiger partial charge is 0.495 e. The van der Waals surface area contributed by atoms with Gasteiger partial charge in [0.05, 0.1) is 20.9 Å². The number of nitrogens with zero attached hydrogens (tertiary/aromatic N) is 1. The number of methoxy groups -OCH3 is 1. The second kappa shape index (κ2) is 6.56. The topological polar surface area (TPSA) is 49.8 Å². The van der Waals surface area contributed by atoms with Gasteiger partial charge in [-0.25, -0.2) is 4.79 Å². The number of anilines is 1. The first-order valence-corrected chi connectivity index (χ1v) is 10.6. The van der Waals surface area contributed by atoms with Crippen molar-refractivity contribution in [1.82, 2.24) is 0 Å². The van der Waals surface area contributed by atoms with E-state index < -0.39 is 19.7 Å². The van der Waals surface area contributed by atoms with Gasteiger partial charge in [0.25, 0.3) is 0 Å². The lowest BCUT2D eigenvalue weighted by Crippen LogP contribution is -2.46. The van der Waals surface area contributed by atoms with Crippen LogP contribution in [0.5, 0.6) is 5.75 Å². The molecule has 0 unspecified atom stereocenters. The Balaban J connectivity index is 3.40. The Kier molecular flexibility index (Phi) is 5.46. The highest BCUT2D eigenvalue weighted by Crippen LogP contribution is 2.33.